The lowest BCUT2D eigenvalue weighted by atomic mass is 10.0. The summed E-state index contributed by atoms with van der Waals surface area (Å²) < 4.78 is 12.9. The molecule has 0 aliphatic carbocycles. The van der Waals surface area contributed by atoms with E-state index in [-0.39, 0.29) is 62.8 Å². The number of carbonyl (C=O) groups excluding carboxylic acids is 6. The average Bonchev–Trinajstić information content (AvgIpc) is 4.09. The smallest absolute Gasteiger partial charge is 0.255 e. The number of nitrogens with one attached hydrogen (secondary N) is 4. The van der Waals surface area contributed by atoms with E-state index in [0.717, 1.165) is 10.4 Å². The van der Waals surface area contributed by atoms with Gasteiger partial charge in [-0.15, -0.1) is 16.4 Å². The third kappa shape index (κ3) is 10.3. The molecular formula is C46H49N13O8S. The molecule has 68 heavy (non-hydrogen) atoms. The molecule has 1 unspecified atom stereocenters. The van der Waals surface area contributed by atoms with Crippen molar-refractivity contribution in [3.05, 3.63) is 104 Å². The Hall–Kier alpha value is -7.61. The number of hydrogen-bond acceptors (Lipinski definition) is 16. The first-order valence-corrected chi connectivity index (χ1v) is 22.8. The molecule has 8 rings (SSSR count). The molecule has 352 valence electrons. The van der Waals surface area contributed by atoms with Crippen molar-refractivity contribution in [3.63, 3.8) is 0 Å². The van der Waals surface area contributed by atoms with Crippen molar-refractivity contribution >= 4 is 64.0 Å². The molecule has 6 amide bonds. The Labute approximate surface area is 394 Å². The van der Waals surface area contributed by atoms with Gasteiger partial charge in [0.2, 0.25) is 23.6 Å². The molecule has 0 saturated carbocycles. The lowest BCUT2D eigenvalue weighted by Gasteiger charge is -2.40. The van der Waals surface area contributed by atoms with Gasteiger partial charge in [0.05, 0.1) is 45.7 Å². The van der Waals surface area contributed by atoms with Crippen molar-refractivity contribution in [1.82, 2.24) is 45.8 Å². The van der Waals surface area contributed by atoms with Crippen LogP contribution in [0.2, 0.25) is 0 Å². The van der Waals surface area contributed by atoms with E-state index in [2.05, 4.69) is 42.6 Å². The fraction of sp³-hybridized carbons (Fsp3) is 0.370. The number of fused-ring (bicyclic) bond motifs is 2. The van der Waals surface area contributed by atoms with E-state index in [4.69, 9.17) is 14.5 Å². The van der Waals surface area contributed by atoms with Crippen molar-refractivity contribution in [2.45, 2.75) is 70.9 Å². The van der Waals surface area contributed by atoms with E-state index in [1.165, 1.54) is 23.3 Å². The summed E-state index contributed by atoms with van der Waals surface area (Å²) in [5.41, 5.74) is 3.78. The number of likely N-dealkylation sites (N-methyl/N-ethyl adjacent to an activating group) is 1. The number of nitriles is 1. The molecule has 22 heteroatoms. The summed E-state index contributed by atoms with van der Waals surface area (Å²) in [6.07, 6.45) is 4.66. The van der Waals surface area contributed by atoms with Crippen molar-refractivity contribution in [2.24, 2.45) is 0 Å². The number of imide groups is 1. The molecule has 3 aliphatic rings. The first-order chi connectivity index (χ1) is 32.9. The van der Waals surface area contributed by atoms with Gasteiger partial charge in [0.25, 0.3) is 11.8 Å². The summed E-state index contributed by atoms with van der Waals surface area (Å²) in [5.74, 6) is -0.339. The van der Waals surface area contributed by atoms with Crippen LogP contribution in [0.1, 0.15) is 79.3 Å². The maximum atomic E-state index is 13.3. The third-order valence-corrected chi connectivity index (χ3v) is 12.8. The maximum Gasteiger partial charge on any atom is 0.255 e. The largest absolute Gasteiger partial charge is 0.496 e. The van der Waals surface area contributed by atoms with Crippen molar-refractivity contribution in [1.29, 1.82) is 5.26 Å². The van der Waals surface area contributed by atoms with Gasteiger partial charge >= 0.3 is 0 Å². The lowest BCUT2D eigenvalue weighted by molar-refractivity contribution is -0.137. The minimum absolute atomic E-state index is 0.0527. The quantitative estimate of drug-likeness (QED) is 0.0684. The van der Waals surface area contributed by atoms with E-state index in [9.17, 15) is 34.0 Å². The van der Waals surface area contributed by atoms with Crippen LogP contribution in [0.15, 0.2) is 60.9 Å². The van der Waals surface area contributed by atoms with Gasteiger partial charge in [-0.05, 0) is 49.2 Å². The Morgan fingerprint density at radius 1 is 1.09 bits per heavy atom. The summed E-state index contributed by atoms with van der Waals surface area (Å²) in [6, 6.07) is 14.8. The zero-order chi connectivity index (χ0) is 47.9. The SMILES string of the molecule is CC[C@@H]1C(=O)N(C)c2cnc(Cc3ccc(C(=O)NCc4cn(CCNCCOCC(=O)Nc5cccc6c5CN(C5CCC(=O)NC5=O)C6=O)nn4)cc3OC)nc2N1Cc1ccc(C#N)s1. The molecule has 1 fully saturated rings. The molecule has 0 spiro atoms. The minimum Gasteiger partial charge on any atom is -0.496 e. The van der Waals surface area contributed by atoms with E-state index >= 15 is 0 Å². The number of carbonyl (C=O) groups is 6. The van der Waals surface area contributed by atoms with Gasteiger partial charge in [0.15, 0.2) is 5.82 Å². The van der Waals surface area contributed by atoms with Crippen LogP contribution in [-0.4, -0.2) is 118 Å². The predicted octanol–water partition coefficient (Wildman–Crippen LogP) is 2.30. The second kappa shape index (κ2) is 20.9. The normalized spacial score (nSPS) is 16.6. The summed E-state index contributed by atoms with van der Waals surface area (Å²) in [4.78, 5) is 92.4. The van der Waals surface area contributed by atoms with Crippen LogP contribution in [0.25, 0.3) is 0 Å². The Balaban J connectivity index is 0.764. The van der Waals surface area contributed by atoms with Gasteiger partial charge in [0, 0.05) is 72.3 Å². The highest BCUT2D eigenvalue weighted by Crippen LogP contribution is 2.37. The monoisotopic (exact) mass is 943 g/mol. The zero-order valence-corrected chi connectivity index (χ0v) is 38.4. The number of ether oxygens (including phenoxy) is 2. The number of nitrogens with zero attached hydrogens (tertiary/aromatic N) is 9. The number of piperidine rings is 1. The molecule has 2 atom stereocenters. The highest BCUT2D eigenvalue weighted by atomic mass is 32.1. The number of hydrogen-bond donors (Lipinski definition) is 4. The first-order valence-electron chi connectivity index (χ1n) is 22.0. The van der Waals surface area contributed by atoms with Gasteiger partial charge in [-0.2, -0.15) is 5.26 Å². The highest BCUT2D eigenvalue weighted by Gasteiger charge is 2.40. The molecule has 2 aromatic carbocycles. The maximum absolute atomic E-state index is 13.3. The van der Waals surface area contributed by atoms with Gasteiger partial charge in [-0.3, -0.25) is 38.8 Å². The van der Waals surface area contributed by atoms with Gasteiger partial charge in [-0.1, -0.05) is 24.3 Å². The van der Waals surface area contributed by atoms with Crippen LogP contribution in [0.3, 0.4) is 0 Å². The fourth-order valence-corrected chi connectivity index (χ4v) is 9.15. The topological polar surface area (TPSA) is 259 Å². The minimum atomic E-state index is -0.753. The Bertz CT molecular complexity index is 2800. The van der Waals surface area contributed by atoms with E-state index < -0.39 is 23.9 Å². The predicted molar refractivity (Wildman–Crippen MR) is 247 cm³/mol. The van der Waals surface area contributed by atoms with Crippen molar-refractivity contribution in [3.8, 4) is 11.8 Å². The van der Waals surface area contributed by atoms with Crippen molar-refractivity contribution in [2.75, 3.05) is 55.6 Å². The number of thiophene rings is 1. The average molecular weight is 944 g/mol. The summed E-state index contributed by atoms with van der Waals surface area (Å²) in [6.45, 7) is 4.20. The van der Waals surface area contributed by atoms with Crippen LogP contribution in [0.4, 0.5) is 17.2 Å². The molecule has 4 N–H and O–H groups in total. The Kier molecular flexibility index (Phi) is 14.4. The van der Waals surface area contributed by atoms with E-state index in [1.54, 1.807) is 71.5 Å². The number of aromatic nitrogens is 5. The molecule has 0 radical (unpaired) electrons. The number of rotatable bonds is 19. The van der Waals surface area contributed by atoms with Gasteiger partial charge in [-0.25, -0.2) is 9.97 Å². The third-order valence-electron chi connectivity index (χ3n) is 11.9. The van der Waals surface area contributed by atoms with Crippen LogP contribution >= 0.6 is 11.3 Å². The van der Waals surface area contributed by atoms with Crippen molar-refractivity contribution < 1.29 is 38.2 Å². The fourth-order valence-electron chi connectivity index (χ4n) is 8.35. The van der Waals surface area contributed by atoms with Crippen LogP contribution in [0, 0.1) is 11.3 Å². The molecule has 3 aliphatic heterocycles. The number of anilines is 3. The Morgan fingerprint density at radius 3 is 2.72 bits per heavy atom. The molecule has 0 bridgehead atoms. The molecule has 5 aromatic rings. The van der Waals surface area contributed by atoms with Gasteiger partial charge < -0.3 is 40.1 Å². The molecule has 21 nitrogen and oxygen atoms in total. The molecular weight excluding hydrogens is 895 g/mol. The van der Waals surface area contributed by atoms with E-state index in [1.807, 2.05) is 17.9 Å². The van der Waals surface area contributed by atoms with Crippen LogP contribution in [-0.2, 0) is 56.5 Å². The number of methoxy groups -OCH3 is 1. The number of amides is 6. The van der Waals surface area contributed by atoms with Gasteiger partial charge in [0.1, 0.15) is 52.6 Å². The molecule has 1 saturated heterocycles. The second-order valence-electron chi connectivity index (χ2n) is 16.3. The first kappa shape index (κ1) is 46.9. The molecule has 3 aromatic heterocycles. The Morgan fingerprint density at radius 2 is 1.94 bits per heavy atom. The number of benzene rings is 2. The second-order valence-corrected chi connectivity index (χ2v) is 17.4. The zero-order valence-electron chi connectivity index (χ0n) is 37.6. The standard InChI is InChI=1S/C46H49N13O8S/c1-4-35-46(65)56(2)37-22-49-39(52-42(37)58(35)24-31-11-10-30(20-47)68-31)19-27-8-9-28(18-38(27)66-3)43(62)50-21-29-23-57(55-54-29)16-14-48-15-17-67-26-41(61)51-34-7-5-6-32-33(34)25-59(45(32)64)36-12-13-40(60)53-44(36)63/h5-11,18,22-23,35-36,48H,4,12-17,19,21,24-26H2,1-3H3,(H,50,62)(H,51,61)(H,53,60,63)/t35-,36?/m1/s1. The lowest BCUT2D eigenvalue weighted by Crippen LogP contribution is -2.52. The summed E-state index contributed by atoms with van der Waals surface area (Å²) in [5, 5.41) is 28.9. The summed E-state index contributed by atoms with van der Waals surface area (Å²) in [7, 11) is 3.25. The molecule has 6 heterocycles. The summed E-state index contributed by atoms with van der Waals surface area (Å²) >= 11 is 1.39. The van der Waals surface area contributed by atoms with Crippen LogP contribution < -0.4 is 35.8 Å². The highest BCUT2D eigenvalue weighted by molar-refractivity contribution is 7.12. The van der Waals surface area contributed by atoms with E-state index in [0.29, 0.717) is 95.0 Å². The van der Waals surface area contributed by atoms with Crippen LogP contribution in [0.5, 0.6) is 5.75 Å².